The topological polar surface area (TPSA) is 34.0 Å². The first kappa shape index (κ1) is 13.5. The highest BCUT2D eigenvalue weighted by Crippen LogP contribution is 2.07. The molecule has 0 fully saturated rings. The van der Waals surface area contributed by atoms with Crippen LogP contribution in [-0.4, -0.2) is 22.5 Å². The smallest absolute Gasteiger partial charge is 0.250 e. The number of nitrogens with one attached hydrogen (secondary N) is 1. The van der Waals surface area contributed by atoms with Crippen LogP contribution in [0.15, 0.2) is 29.2 Å². The molecule has 1 N–H and O–H groups in total. The second kappa shape index (κ2) is 7.63. The zero-order valence-electron chi connectivity index (χ0n) is 9.66. The van der Waals surface area contributed by atoms with E-state index in [2.05, 4.69) is 28.2 Å². The quantitative estimate of drug-likeness (QED) is 0.615. The average Bonchev–Trinajstić information content (AvgIpc) is 2.30. The fourth-order valence-electron chi connectivity index (χ4n) is 1.43. The third-order valence-electron chi connectivity index (χ3n) is 2.51. The van der Waals surface area contributed by atoms with Crippen molar-refractivity contribution in [2.45, 2.75) is 31.1 Å². The van der Waals surface area contributed by atoms with Crippen LogP contribution in [0.4, 0.5) is 0 Å². The number of nitrogens with zero attached hydrogens (tertiary/aromatic N) is 1. The summed E-state index contributed by atoms with van der Waals surface area (Å²) in [6.45, 7) is 4.74. The van der Waals surface area contributed by atoms with Crippen LogP contribution in [0.2, 0.25) is 0 Å². The van der Waals surface area contributed by atoms with Gasteiger partial charge in [-0.25, -0.2) is 0 Å². The lowest BCUT2D eigenvalue weighted by molar-refractivity contribution is 0.567. The Bertz CT molecular complexity index is 351. The SMILES string of the molecule is CCC(Br)CCNCCn1ccccc1=O. The van der Waals surface area contributed by atoms with Gasteiger partial charge in [-0.2, -0.15) is 0 Å². The Morgan fingerprint density at radius 2 is 2.25 bits per heavy atom. The van der Waals surface area contributed by atoms with Gasteiger partial charge in [0, 0.05) is 30.2 Å². The Balaban J connectivity index is 2.17. The van der Waals surface area contributed by atoms with Crippen LogP contribution >= 0.6 is 15.9 Å². The molecule has 3 nitrogen and oxygen atoms in total. The number of rotatable bonds is 7. The van der Waals surface area contributed by atoms with E-state index in [0.717, 1.165) is 32.5 Å². The standard InChI is InChI=1S/C12H19BrN2O/c1-2-11(13)6-7-14-8-10-15-9-4-3-5-12(15)16/h3-5,9,11,14H,2,6-8,10H2,1H3. The third kappa shape index (κ3) is 4.94. The molecule has 0 amide bonds. The summed E-state index contributed by atoms with van der Waals surface area (Å²) in [6, 6.07) is 5.24. The summed E-state index contributed by atoms with van der Waals surface area (Å²) in [5, 5.41) is 3.34. The number of aromatic nitrogens is 1. The Morgan fingerprint density at radius 3 is 2.94 bits per heavy atom. The number of hydrogen-bond donors (Lipinski definition) is 1. The minimum absolute atomic E-state index is 0.0660. The second-order valence-electron chi connectivity index (χ2n) is 3.78. The molecular weight excluding hydrogens is 268 g/mol. The van der Waals surface area contributed by atoms with Gasteiger partial charge in [-0.3, -0.25) is 4.79 Å². The largest absolute Gasteiger partial charge is 0.315 e. The molecule has 0 radical (unpaired) electrons. The molecule has 0 bridgehead atoms. The van der Waals surface area contributed by atoms with Gasteiger partial charge in [0.05, 0.1) is 0 Å². The van der Waals surface area contributed by atoms with Crippen LogP contribution in [0.25, 0.3) is 0 Å². The number of hydrogen-bond acceptors (Lipinski definition) is 2. The van der Waals surface area contributed by atoms with Crippen molar-refractivity contribution in [2.24, 2.45) is 0 Å². The summed E-state index contributed by atoms with van der Waals surface area (Å²) in [6.07, 6.45) is 4.10. The van der Waals surface area contributed by atoms with E-state index >= 15 is 0 Å². The van der Waals surface area contributed by atoms with Crippen LogP contribution in [-0.2, 0) is 6.54 Å². The lowest BCUT2D eigenvalue weighted by Crippen LogP contribution is -2.27. The lowest BCUT2D eigenvalue weighted by atomic mass is 10.2. The predicted octanol–water partition coefficient (Wildman–Crippen LogP) is 2.00. The molecule has 1 aromatic rings. The van der Waals surface area contributed by atoms with E-state index < -0.39 is 0 Å². The van der Waals surface area contributed by atoms with Crippen LogP contribution < -0.4 is 10.9 Å². The summed E-state index contributed by atoms with van der Waals surface area (Å²) < 4.78 is 1.72. The van der Waals surface area contributed by atoms with Crippen LogP contribution in [0, 0.1) is 0 Å². The fourth-order valence-corrected chi connectivity index (χ4v) is 1.66. The van der Waals surface area contributed by atoms with Crippen molar-refractivity contribution in [3.63, 3.8) is 0 Å². The van der Waals surface area contributed by atoms with Gasteiger partial charge in [0.15, 0.2) is 0 Å². The van der Waals surface area contributed by atoms with Gasteiger partial charge in [-0.1, -0.05) is 28.9 Å². The summed E-state index contributed by atoms with van der Waals surface area (Å²) in [5.74, 6) is 0. The fraction of sp³-hybridized carbons (Fsp3) is 0.583. The first-order valence-electron chi connectivity index (χ1n) is 5.74. The first-order valence-corrected chi connectivity index (χ1v) is 6.66. The Morgan fingerprint density at radius 1 is 1.44 bits per heavy atom. The average molecular weight is 287 g/mol. The van der Waals surface area contributed by atoms with E-state index in [1.807, 2.05) is 12.3 Å². The zero-order valence-corrected chi connectivity index (χ0v) is 11.2. The van der Waals surface area contributed by atoms with Crippen molar-refractivity contribution in [1.29, 1.82) is 0 Å². The Labute approximate surface area is 105 Å². The van der Waals surface area contributed by atoms with Crippen molar-refractivity contribution in [3.05, 3.63) is 34.7 Å². The van der Waals surface area contributed by atoms with E-state index in [9.17, 15) is 4.79 Å². The lowest BCUT2D eigenvalue weighted by Gasteiger charge is -2.09. The predicted molar refractivity (Wildman–Crippen MR) is 71.2 cm³/mol. The molecule has 1 aromatic heterocycles. The Kier molecular flexibility index (Phi) is 6.42. The number of pyridine rings is 1. The number of halogens is 1. The van der Waals surface area contributed by atoms with E-state index in [1.54, 1.807) is 16.7 Å². The normalized spacial score (nSPS) is 12.6. The van der Waals surface area contributed by atoms with Gasteiger partial charge in [0.25, 0.3) is 5.56 Å². The molecule has 0 aromatic carbocycles. The molecule has 0 saturated heterocycles. The zero-order chi connectivity index (χ0) is 11.8. The van der Waals surface area contributed by atoms with Crippen molar-refractivity contribution in [3.8, 4) is 0 Å². The van der Waals surface area contributed by atoms with E-state index in [0.29, 0.717) is 4.83 Å². The van der Waals surface area contributed by atoms with E-state index in [-0.39, 0.29) is 5.56 Å². The van der Waals surface area contributed by atoms with Crippen LogP contribution in [0.1, 0.15) is 19.8 Å². The van der Waals surface area contributed by atoms with Crippen LogP contribution in [0.5, 0.6) is 0 Å². The highest BCUT2D eigenvalue weighted by Gasteiger charge is 1.99. The molecular formula is C12H19BrN2O. The summed E-state index contributed by atoms with van der Waals surface area (Å²) in [4.78, 5) is 12.0. The highest BCUT2D eigenvalue weighted by molar-refractivity contribution is 9.09. The summed E-state index contributed by atoms with van der Waals surface area (Å²) >= 11 is 3.59. The highest BCUT2D eigenvalue weighted by atomic mass is 79.9. The molecule has 1 rings (SSSR count). The molecule has 1 heterocycles. The van der Waals surface area contributed by atoms with E-state index in [4.69, 9.17) is 0 Å². The molecule has 1 unspecified atom stereocenters. The van der Waals surface area contributed by atoms with E-state index in [1.165, 1.54) is 0 Å². The molecule has 0 aliphatic rings. The maximum atomic E-state index is 11.4. The van der Waals surface area contributed by atoms with Gasteiger partial charge in [-0.05, 0) is 25.5 Å². The minimum atomic E-state index is 0.0660. The third-order valence-corrected chi connectivity index (χ3v) is 3.61. The van der Waals surface area contributed by atoms with Crippen molar-refractivity contribution in [1.82, 2.24) is 9.88 Å². The molecule has 0 aliphatic heterocycles. The number of alkyl halides is 1. The van der Waals surface area contributed by atoms with Gasteiger partial charge < -0.3 is 9.88 Å². The maximum absolute atomic E-state index is 11.4. The van der Waals surface area contributed by atoms with Gasteiger partial charge in [0.1, 0.15) is 0 Å². The maximum Gasteiger partial charge on any atom is 0.250 e. The first-order chi connectivity index (χ1) is 7.74. The Hall–Kier alpha value is -0.610. The molecule has 16 heavy (non-hydrogen) atoms. The molecule has 0 saturated carbocycles. The minimum Gasteiger partial charge on any atom is -0.315 e. The molecule has 1 atom stereocenters. The molecule has 0 aliphatic carbocycles. The summed E-state index contributed by atoms with van der Waals surface area (Å²) in [5.41, 5.74) is 0.0660. The second-order valence-corrected chi connectivity index (χ2v) is 5.07. The molecule has 0 spiro atoms. The molecule has 90 valence electrons. The van der Waals surface area contributed by atoms with Gasteiger partial charge in [0.2, 0.25) is 0 Å². The molecule has 4 heteroatoms. The monoisotopic (exact) mass is 286 g/mol. The van der Waals surface area contributed by atoms with Crippen LogP contribution in [0.3, 0.4) is 0 Å². The van der Waals surface area contributed by atoms with Crippen molar-refractivity contribution >= 4 is 15.9 Å². The van der Waals surface area contributed by atoms with Crippen molar-refractivity contribution in [2.75, 3.05) is 13.1 Å². The summed E-state index contributed by atoms with van der Waals surface area (Å²) in [7, 11) is 0. The van der Waals surface area contributed by atoms with Gasteiger partial charge >= 0.3 is 0 Å². The van der Waals surface area contributed by atoms with Gasteiger partial charge in [-0.15, -0.1) is 0 Å². The van der Waals surface area contributed by atoms with Crippen molar-refractivity contribution < 1.29 is 0 Å².